The fraction of sp³-hybridized carbons (Fsp3) is 0.538. The minimum absolute atomic E-state index is 0.0341. The molecule has 0 N–H and O–H groups in total. The van der Waals surface area contributed by atoms with Crippen molar-refractivity contribution < 1.29 is 4.79 Å². The normalized spacial score (nSPS) is 15.4. The monoisotopic (exact) mass is 296 g/mol. The summed E-state index contributed by atoms with van der Waals surface area (Å²) in [4.78, 5) is 18.4. The second-order valence-corrected chi connectivity index (χ2v) is 5.33. The second kappa shape index (κ2) is 5.63. The van der Waals surface area contributed by atoms with Gasteiger partial charge in [-0.1, -0.05) is 6.42 Å². The van der Waals surface area contributed by atoms with Gasteiger partial charge in [0.1, 0.15) is 5.69 Å². The van der Waals surface area contributed by atoms with Gasteiger partial charge in [0.25, 0.3) is 5.91 Å². The first kappa shape index (κ1) is 12.6. The van der Waals surface area contributed by atoms with Crippen molar-refractivity contribution >= 4 is 21.8 Å². The van der Waals surface area contributed by atoms with Crippen LogP contribution in [-0.4, -0.2) is 28.9 Å². The van der Waals surface area contributed by atoms with E-state index in [1.165, 1.54) is 19.3 Å². The largest absolute Gasteiger partial charge is 0.337 e. The highest BCUT2D eigenvalue weighted by molar-refractivity contribution is 9.10. The lowest BCUT2D eigenvalue weighted by molar-refractivity contribution is 0.0699. The molecule has 1 saturated carbocycles. The molecule has 0 spiro atoms. The summed E-state index contributed by atoms with van der Waals surface area (Å²) in [5.41, 5.74) is 0.522. The molecular formula is C13H17BrN2O. The van der Waals surface area contributed by atoms with Crippen molar-refractivity contribution in [2.75, 3.05) is 13.1 Å². The molecule has 1 aromatic heterocycles. The molecule has 3 nitrogen and oxygen atoms in total. The van der Waals surface area contributed by atoms with Crippen LogP contribution in [0.5, 0.6) is 0 Å². The molecule has 1 amide bonds. The van der Waals surface area contributed by atoms with Gasteiger partial charge in [0.15, 0.2) is 0 Å². The summed E-state index contributed by atoms with van der Waals surface area (Å²) in [5, 5.41) is 0. The third-order valence-corrected chi connectivity index (χ3v) is 3.97. The second-order valence-electron chi connectivity index (χ2n) is 4.47. The Hall–Kier alpha value is -0.900. The van der Waals surface area contributed by atoms with Crippen LogP contribution in [0.15, 0.2) is 22.8 Å². The predicted octanol–water partition coefficient (Wildman–Crippen LogP) is 3.11. The minimum atomic E-state index is 0.0341. The standard InChI is InChI=1S/C13H17BrN2O/c1-2-16(9-10-5-3-6-10)13(17)12-11(14)7-4-8-15-12/h4,7-8,10H,2-3,5-6,9H2,1H3. The van der Waals surface area contributed by atoms with E-state index >= 15 is 0 Å². The average Bonchev–Trinajstić information content (AvgIpc) is 2.28. The van der Waals surface area contributed by atoms with Gasteiger partial charge in [-0.15, -0.1) is 0 Å². The van der Waals surface area contributed by atoms with Crippen LogP contribution in [0.4, 0.5) is 0 Å². The first-order chi connectivity index (χ1) is 8.22. The van der Waals surface area contributed by atoms with Gasteiger partial charge in [0.05, 0.1) is 0 Å². The Bertz CT molecular complexity index is 404. The summed E-state index contributed by atoms with van der Waals surface area (Å²) >= 11 is 3.38. The molecule has 17 heavy (non-hydrogen) atoms. The van der Waals surface area contributed by atoms with E-state index in [1.54, 1.807) is 6.20 Å². The van der Waals surface area contributed by atoms with E-state index < -0.39 is 0 Å². The first-order valence-corrected chi connectivity index (χ1v) is 6.91. The van der Waals surface area contributed by atoms with Crippen LogP contribution in [0.2, 0.25) is 0 Å². The SMILES string of the molecule is CCN(CC1CCC1)C(=O)c1ncccc1Br. The van der Waals surface area contributed by atoms with E-state index in [1.807, 2.05) is 24.0 Å². The summed E-state index contributed by atoms with van der Waals surface area (Å²) in [6, 6.07) is 3.68. The molecule has 0 aliphatic heterocycles. The smallest absolute Gasteiger partial charge is 0.273 e. The molecule has 1 aromatic rings. The van der Waals surface area contributed by atoms with Gasteiger partial charge in [-0.05, 0) is 53.7 Å². The number of halogens is 1. The van der Waals surface area contributed by atoms with E-state index in [-0.39, 0.29) is 5.91 Å². The molecule has 4 heteroatoms. The lowest BCUT2D eigenvalue weighted by Crippen LogP contribution is -2.37. The van der Waals surface area contributed by atoms with Crippen molar-refractivity contribution in [2.45, 2.75) is 26.2 Å². The lowest BCUT2D eigenvalue weighted by Gasteiger charge is -2.31. The Labute approximate surface area is 110 Å². The highest BCUT2D eigenvalue weighted by Crippen LogP contribution is 2.27. The Morgan fingerprint density at radius 3 is 2.88 bits per heavy atom. The van der Waals surface area contributed by atoms with Crippen molar-refractivity contribution in [1.29, 1.82) is 0 Å². The topological polar surface area (TPSA) is 33.2 Å². The van der Waals surface area contributed by atoms with Crippen LogP contribution in [0.25, 0.3) is 0 Å². The van der Waals surface area contributed by atoms with Crippen molar-refractivity contribution in [3.8, 4) is 0 Å². The van der Waals surface area contributed by atoms with E-state index in [4.69, 9.17) is 0 Å². The van der Waals surface area contributed by atoms with Crippen LogP contribution in [0, 0.1) is 5.92 Å². The highest BCUT2D eigenvalue weighted by Gasteiger charge is 2.24. The van der Waals surface area contributed by atoms with Gasteiger partial charge in [-0.2, -0.15) is 0 Å². The number of hydrogen-bond acceptors (Lipinski definition) is 2. The van der Waals surface area contributed by atoms with Crippen LogP contribution >= 0.6 is 15.9 Å². The van der Waals surface area contributed by atoms with Crippen LogP contribution in [0.1, 0.15) is 36.7 Å². The molecule has 0 bridgehead atoms. The zero-order valence-electron chi connectivity index (χ0n) is 10.0. The number of hydrogen-bond donors (Lipinski definition) is 0. The summed E-state index contributed by atoms with van der Waals surface area (Å²) in [6.07, 6.45) is 5.49. The molecule has 0 unspecified atom stereocenters. The van der Waals surface area contributed by atoms with Gasteiger partial charge in [-0.25, -0.2) is 4.98 Å². The summed E-state index contributed by atoms with van der Waals surface area (Å²) in [6.45, 7) is 3.64. The van der Waals surface area contributed by atoms with Crippen LogP contribution < -0.4 is 0 Å². The summed E-state index contributed by atoms with van der Waals surface area (Å²) in [5.74, 6) is 0.730. The first-order valence-electron chi connectivity index (χ1n) is 6.12. The minimum Gasteiger partial charge on any atom is -0.337 e. The average molecular weight is 297 g/mol. The number of carbonyl (C=O) groups is 1. The van der Waals surface area contributed by atoms with Crippen molar-refractivity contribution in [2.24, 2.45) is 5.92 Å². The molecule has 0 aromatic carbocycles. The predicted molar refractivity (Wildman–Crippen MR) is 70.9 cm³/mol. The van der Waals surface area contributed by atoms with Gasteiger partial charge < -0.3 is 4.90 Å². The quantitative estimate of drug-likeness (QED) is 0.855. The van der Waals surface area contributed by atoms with Crippen molar-refractivity contribution in [1.82, 2.24) is 9.88 Å². The van der Waals surface area contributed by atoms with Crippen molar-refractivity contribution in [3.05, 3.63) is 28.5 Å². The Morgan fingerprint density at radius 2 is 2.35 bits per heavy atom. The van der Waals surface area contributed by atoms with Crippen LogP contribution in [-0.2, 0) is 0 Å². The van der Waals surface area contributed by atoms with Gasteiger partial charge >= 0.3 is 0 Å². The number of amides is 1. The Morgan fingerprint density at radius 1 is 1.59 bits per heavy atom. The zero-order valence-corrected chi connectivity index (χ0v) is 11.6. The van der Waals surface area contributed by atoms with Crippen molar-refractivity contribution in [3.63, 3.8) is 0 Å². The molecule has 1 aliphatic rings. The number of nitrogens with zero attached hydrogens (tertiary/aromatic N) is 2. The number of pyridine rings is 1. The Balaban J connectivity index is 2.08. The zero-order chi connectivity index (χ0) is 12.3. The molecule has 1 fully saturated rings. The highest BCUT2D eigenvalue weighted by atomic mass is 79.9. The van der Waals surface area contributed by atoms with E-state index in [0.29, 0.717) is 11.6 Å². The maximum absolute atomic E-state index is 12.3. The summed E-state index contributed by atoms with van der Waals surface area (Å²) in [7, 11) is 0. The molecule has 0 saturated heterocycles. The van der Waals surface area contributed by atoms with Crippen LogP contribution in [0.3, 0.4) is 0 Å². The molecule has 92 valence electrons. The van der Waals surface area contributed by atoms with E-state index in [9.17, 15) is 4.79 Å². The number of rotatable bonds is 4. The molecule has 1 heterocycles. The fourth-order valence-corrected chi connectivity index (χ4v) is 2.46. The maximum Gasteiger partial charge on any atom is 0.273 e. The molecule has 0 radical (unpaired) electrons. The molecule has 2 rings (SSSR count). The third kappa shape index (κ3) is 2.86. The van der Waals surface area contributed by atoms with Gasteiger partial charge in [-0.3, -0.25) is 4.79 Å². The lowest BCUT2D eigenvalue weighted by atomic mass is 9.85. The molecule has 0 atom stereocenters. The van der Waals surface area contributed by atoms with E-state index in [2.05, 4.69) is 20.9 Å². The van der Waals surface area contributed by atoms with Gasteiger partial charge in [0.2, 0.25) is 0 Å². The molecule has 1 aliphatic carbocycles. The van der Waals surface area contributed by atoms with E-state index in [0.717, 1.165) is 17.6 Å². The third-order valence-electron chi connectivity index (χ3n) is 3.33. The van der Waals surface area contributed by atoms with Gasteiger partial charge in [0, 0.05) is 23.8 Å². The summed E-state index contributed by atoms with van der Waals surface area (Å²) < 4.78 is 0.775. The maximum atomic E-state index is 12.3. The number of aromatic nitrogens is 1. The number of carbonyl (C=O) groups excluding carboxylic acids is 1. The fourth-order valence-electron chi connectivity index (χ4n) is 2.04. The molecular weight excluding hydrogens is 280 g/mol. The Kier molecular flexibility index (Phi) is 4.15.